The smallest absolute Gasteiger partial charge is 0.191 e. The summed E-state index contributed by atoms with van der Waals surface area (Å²) in [5.41, 5.74) is 2.84. The number of hydrogen-bond donors (Lipinski definition) is 2. The molecule has 3 rings (SSSR count). The number of nitrogens with zero attached hydrogens (tertiary/aromatic N) is 2. The van der Waals surface area contributed by atoms with Gasteiger partial charge in [-0.05, 0) is 55.5 Å². The Morgan fingerprint density at radius 2 is 2.08 bits per heavy atom. The molecule has 4 nitrogen and oxygen atoms in total. The van der Waals surface area contributed by atoms with Crippen molar-refractivity contribution < 1.29 is 0 Å². The molecular weight excluding hydrogens is 503 g/mol. The number of pyridine rings is 1. The monoisotopic (exact) mass is 528 g/mol. The second kappa shape index (κ2) is 10.3. The predicted octanol–water partition coefficient (Wildman–Crippen LogP) is 4.29. The van der Waals surface area contributed by atoms with Crippen molar-refractivity contribution >= 4 is 45.9 Å². The lowest BCUT2D eigenvalue weighted by Gasteiger charge is -2.16. The van der Waals surface area contributed by atoms with Crippen LogP contribution in [-0.2, 0) is 11.8 Å². The van der Waals surface area contributed by atoms with Crippen molar-refractivity contribution in [1.82, 2.24) is 15.6 Å². The first-order valence-corrected chi connectivity index (χ1v) is 9.68. The van der Waals surface area contributed by atoms with Crippen molar-refractivity contribution in [3.8, 4) is 0 Å². The average Bonchev–Trinajstić information content (AvgIpc) is 3.42. The van der Waals surface area contributed by atoms with Gasteiger partial charge in [0.05, 0.1) is 6.54 Å². The quantitative estimate of drug-likeness (QED) is 0.320. The van der Waals surface area contributed by atoms with Crippen LogP contribution in [0.1, 0.15) is 30.9 Å². The summed E-state index contributed by atoms with van der Waals surface area (Å²) in [6.45, 7) is 4.63. The average molecular weight is 529 g/mol. The summed E-state index contributed by atoms with van der Waals surface area (Å²) in [6, 6.07) is 12.7. The van der Waals surface area contributed by atoms with Crippen molar-refractivity contribution in [2.75, 3.05) is 19.6 Å². The third kappa shape index (κ3) is 5.94. The Morgan fingerprint density at radius 3 is 2.73 bits per heavy atom. The Morgan fingerprint density at radius 1 is 1.23 bits per heavy atom. The fourth-order valence-electron chi connectivity index (χ4n) is 2.95. The molecule has 2 N–H and O–H groups in total. The van der Waals surface area contributed by atoms with Gasteiger partial charge >= 0.3 is 0 Å². The van der Waals surface area contributed by atoms with Gasteiger partial charge in [-0.3, -0.25) is 9.98 Å². The molecule has 1 aliphatic carbocycles. The highest BCUT2D eigenvalue weighted by molar-refractivity contribution is 14.0. The maximum atomic E-state index is 4.85. The number of aromatic nitrogens is 1. The molecule has 1 aromatic heterocycles. The molecule has 0 bridgehead atoms. The zero-order valence-electron chi connectivity index (χ0n) is 15.0. The maximum absolute atomic E-state index is 4.85. The van der Waals surface area contributed by atoms with Crippen molar-refractivity contribution in [3.63, 3.8) is 0 Å². The first-order chi connectivity index (χ1) is 12.2. The lowest BCUT2D eigenvalue weighted by Crippen LogP contribution is -2.39. The Kier molecular flexibility index (Phi) is 8.34. The third-order valence-corrected chi connectivity index (χ3v) is 5.10. The summed E-state index contributed by atoms with van der Waals surface area (Å²) < 4.78 is 1.14. The summed E-state index contributed by atoms with van der Waals surface area (Å²) >= 11 is 3.58. The zero-order valence-corrected chi connectivity index (χ0v) is 19.0. The highest BCUT2D eigenvalue weighted by atomic mass is 127. The summed E-state index contributed by atoms with van der Waals surface area (Å²) in [6.07, 6.45) is 7.08. The Balaban J connectivity index is 0.00000243. The molecule has 0 atom stereocenters. The lowest BCUT2D eigenvalue weighted by molar-refractivity contribution is 0.691. The lowest BCUT2D eigenvalue weighted by atomic mass is 9.96. The number of halogens is 2. The van der Waals surface area contributed by atoms with E-state index in [0.29, 0.717) is 0 Å². The number of benzene rings is 1. The number of aliphatic imine (C=N–C) groups is 1. The topological polar surface area (TPSA) is 49.3 Å². The molecule has 6 heteroatoms. The summed E-state index contributed by atoms with van der Waals surface area (Å²) in [5.74, 6) is 0.896. The van der Waals surface area contributed by atoms with E-state index in [2.05, 4.69) is 68.8 Å². The second-order valence-electron chi connectivity index (χ2n) is 6.52. The van der Waals surface area contributed by atoms with Gasteiger partial charge in [0.25, 0.3) is 0 Å². The van der Waals surface area contributed by atoms with E-state index in [1.54, 1.807) is 6.20 Å². The van der Waals surface area contributed by atoms with Gasteiger partial charge in [-0.1, -0.05) is 34.1 Å². The highest BCUT2D eigenvalue weighted by Gasteiger charge is 2.44. The van der Waals surface area contributed by atoms with Gasteiger partial charge in [0.2, 0.25) is 0 Å². The molecule has 26 heavy (non-hydrogen) atoms. The SMILES string of the molecule is CCNC(=NCC1(c2cccc(Br)c2)CC1)NCCc1cccnc1.I. The first kappa shape index (κ1) is 21.2. The van der Waals surface area contributed by atoms with Crippen LogP contribution in [0.3, 0.4) is 0 Å². The Labute approximate surface area is 181 Å². The van der Waals surface area contributed by atoms with E-state index in [-0.39, 0.29) is 29.4 Å². The molecule has 0 radical (unpaired) electrons. The highest BCUT2D eigenvalue weighted by Crippen LogP contribution is 2.48. The molecule has 140 valence electrons. The Hall–Kier alpha value is -1.15. The molecule has 0 saturated heterocycles. The third-order valence-electron chi connectivity index (χ3n) is 4.60. The van der Waals surface area contributed by atoms with Gasteiger partial charge in [0.15, 0.2) is 5.96 Å². The molecule has 1 saturated carbocycles. The predicted molar refractivity (Wildman–Crippen MR) is 122 cm³/mol. The number of hydrogen-bond acceptors (Lipinski definition) is 2. The number of guanidine groups is 1. The Bertz CT molecular complexity index is 717. The largest absolute Gasteiger partial charge is 0.357 e. The molecule has 0 amide bonds. The van der Waals surface area contributed by atoms with E-state index in [4.69, 9.17) is 4.99 Å². The van der Waals surface area contributed by atoms with E-state index in [1.165, 1.54) is 24.0 Å². The van der Waals surface area contributed by atoms with Crippen molar-refractivity contribution in [1.29, 1.82) is 0 Å². The maximum Gasteiger partial charge on any atom is 0.191 e. The molecule has 0 spiro atoms. The molecule has 1 fully saturated rings. The number of nitrogens with one attached hydrogen (secondary N) is 2. The van der Waals surface area contributed by atoms with E-state index >= 15 is 0 Å². The van der Waals surface area contributed by atoms with E-state index in [1.807, 2.05) is 12.3 Å². The molecule has 0 unspecified atom stereocenters. The fraction of sp³-hybridized carbons (Fsp3) is 0.400. The molecular formula is C20H26BrIN4. The van der Waals surface area contributed by atoms with Gasteiger partial charge in [-0.2, -0.15) is 0 Å². The van der Waals surface area contributed by atoms with Crippen LogP contribution >= 0.6 is 39.9 Å². The van der Waals surface area contributed by atoms with Crippen LogP contribution in [0.5, 0.6) is 0 Å². The minimum Gasteiger partial charge on any atom is -0.357 e. The minimum absolute atomic E-state index is 0. The van der Waals surface area contributed by atoms with Crippen molar-refractivity contribution in [2.24, 2.45) is 4.99 Å². The summed E-state index contributed by atoms with van der Waals surface area (Å²) in [7, 11) is 0. The summed E-state index contributed by atoms with van der Waals surface area (Å²) in [4.78, 5) is 9.01. The molecule has 1 aliphatic rings. The van der Waals surface area contributed by atoms with Gasteiger partial charge < -0.3 is 10.6 Å². The van der Waals surface area contributed by atoms with Gasteiger partial charge in [-0.25, -0.2) is 0 Å². The van der Waals surface area contributed by atoms with E-state index < -0.39 is 0 Å². The zero-order chi connectivity index (χ0) is 17.5. The van der Waals surface area contributed by atoms with Crippen LogP contribution in [0.4, 0.5) is 0 Å². The van der Waals surface area contributed by atoms with Gasteiger partial charge in [0.1, 0.15) is 0 Å². The van der Waals surface area contributed by atoms with Gasteiger partial charge in [0, 0.05) is 35.4 Å². The summed E-state index contributed by atoms with van der Waals surface area (Å²) in [5, 5.41) is 6.78. The fourth-order valence-corrected chi connectivity index (χ4v) is 3.35. The van der Waals surface area contributed by atoms with Crippen molar-refractivity contribution in [3.05, 3.63) is 64.4 Å². The normalized spacial score (nSPS) is 15.1. The van der Waals surface area contributed by atoms with Crippen molar-refractivity contribution in [2.45, 2.75) is 31.6 Å². The van der Waals surface area contributed by atoms with E-state index in [9.17, 15) is 0 Å². The van der Waals surface area contributed by atoms with Crippen LogP contribution < -0.4 is 10.6 Å². The van der Waals surface area contributed by atoms with Crippen LogP contribution in [0.2, 0.25) is 0 Å². The van der Waals surface area contributed by atoms with Gasteiger partial charge in [-0.15, -0.1) is 24.0 Å². The second-order valence-corrected chi connectivity index (χ2v) is 7.44. The number of rotatable bonds is 7. The minimum atomic E-state index is 0. The van der Waals surface area contributed by atoms with Crippen LogP contribution in [0.15, 0.2) is 58.3 Å². The molecule has 1 aromatic carbocycles. The van der Waals surface area contributed by atoms with Crippen LogP contribution in [0.25, 0.3) is 0 Å². The van der Waals surface area contributed by atoms with Crippen LogP contribution in [-0.4, -0.2) is 30.6 Å². The molecule has 0 aliphatic heterocycles. The first-order valence-electron chi connectivity index (χ1n) is 8.89. The standard InChI is InChI=1S/C20H25BrN4.HI/c1-2-23-19(24-12-8-16-5-4-11-22-14-16)25-15-20(9-10-20)17-6-3-7-18(21)13-17;/h3-7,11,13-14H,2,8-10,12,15H2,1H3,(H2,23,24,25);1H. The molecule has 2 aromatic rings. The van der Waals surface area contributed by atoms with E-state index in [0.717, 1.165) is 36.5 Å². The van der Waals surface area contributed by atoms with Crippen LogP contribution in [0, 0.1) is 0 Å². The molecule has 1 heterocycles.